The summed E-state index contributed by atoms with van der Waals surface area (Å²) in [5.41, 5.74) is 0.915. The third kappa shape index (κ3) is 3.80. The number of nitrogens with one attached hydrogen (secondary N) is 1. The molecule has 1 aromatic rings. The maximum Gasteiger partial charge on any atom is 0.162 e. The van der Waals surface area contributed by atoms with E-state index in [1.54, 1.807) is 0 Å². The SMILES string of the molecule is CCOc1cccc(CNC2CCC(SC)C2)c1O. The first kappa shape index (κ1) is 14.5. The van der Waals surface area contributed by atoms with Gasteiger partial charge in [-0.1, -0.05) is 12.1 Å². The molecular formula is C15H23NO2S. The summed E-state index contributed by atoms with van der Waals surface area (Å²) < 4.78 is 5.40. The average molecular weight is 281 g/mol. The molecule has 0 amide bonds. The third-order valence-corrected chi connectivity index (χ3v) is 4.78. The van der Waals surface area contributed by atoms with Crippen LogP contribution in [0.15, 0.2) is 18.2 Å². The summed E-state index contributed by atoms with van der Waals surface area (Å²) in [4.78, 5) is 0. The maximum absolute atomic E-state index is 10.1. The quantitative estimate of drug-likeness (QED) is 0.840. The van der Waals surface area contributed by atoms with Gasteiger partial charge in [0.2, 0.25) is 0 Å². The molecule has 1 saturated carbocycles. The number of ether oxygens (including phenoxy) is 1. The number of phenols is 1. The van der Waals surface area contributed by atoms with Gasteiger partial charge in [0.15, 0.2) is 11.5 Å². The highest BCUT2D eigenvalue weighted by Gasteiger charge is 2.23. The van der Waals surface area contributed by atoms with Gasteiger partial charge in [0.25, 0.3) is 0 Å². The molecule has 0 spiro atoms. The smallest absolute Gasteiger partial charge is 0.162 e. The van der Waals surface area contributed by atoms with Crippen molar-refractivity contribution in [1.29, 1.82) is 0 Å². The average Bonchev–Trinajstić information content (AvgIpc) is 2.88. The van der Waals surface area contributed by atoms with Crippen LogP contribution in [-0.4, -0.2) is 29.3 Å². The van der Waals surface area contributed by atoms with Crippen LogP contribution in [0.3, 0.4) is 0 Å². The van der Waals surface area contributed by atoms with Crippen LogP contribution in [-0.2, 0) is 6.54 Å². The Morgan fingerprint density at radius 2 is 2.26 bits per heavy atom. The van der Waals surface area contributed by atoms with Gasteiger partial charge in [-0.05, 0) is 38.5 Å². The van der Waals surface area contributed by atoms with E-state index >= 15 is 0 Å². The first-order chi connectivity index (χ1) is 9.24. The number of aromatic hydroxyl groups is 1. The van der Waals surface area contributed by atoms with Crippen molar-refractivity contribution in [2.75, 3.05) is 12.9 Å². The van der Waals surface area contributed by atoms with Gasteiger partial charge in [-0.25, -0.2) is 0 Å². The molecule has 1 fully saturated rings. The predicted octanol–water partition coefficient (Wildman–Crippen LogP) is 3.16. The second-order valence-corrected chi connectivity index (χ2v) is 6.08. The summed E-state index contributed by atoms with van der Waals surface area (Å²) >= 11 is 1.96. The molecule has 1 aliphatic carbocycles. The van der Waals surface area contributed by atoms with Crippen LogP contribution in [0, 0.1) is 0 Å². The minimum atomic E-state index is 0.274. The van der Waals surface area contributed by atoms with Gasteiger partial charge in [0.05, 0.1) is 6.61 Å². The normalized spacial score (nSPS) is 22.6. The Hall–Kier alpha value is -0.870. The molecule has 3 nitrogen and oxygen atoms in total. The predicted molar refractivity (Wildman–Crippen MR) is 81.1 cm³/mol. The number of thioether (sulfide) groups is 1. The largest absolute Gasteiger partial charge is 0.504 e. The highest BCUT2D eigenvalue weighted by Crippen LogP contribution is 2.31. The number of rotatable bonds is 6. The molecule has 1 aliphatic rings. The fraction of sp³-hybridized carbons (Fsp3) is 0.600. The van der Waals surface area contributed by atoms with Crippen molar-refractivity contribution in [2.45, 2.75) is 44.0 Å². The summed E-state index contributed by atoms with van der Waals surface area (Å²) in [6.07, 6.45) is 5.94. The Kier molecular flexibility index (Phi) is 5.40. The van der Waals surface area contributed by atoms with Crippen molar-refractivity contribution in [3.8, 4) is 11.5 Å². The second kappa shape index (κ2) is 7.06. The van der Waals surface area contributed by atoms with Gasteiger partial charge in [-0.2, -0.15) is 11.8 Å². The van der Waals surface area contributed by atoms with E-state index in [1.807, 2.05) is 36.9 Å². The lowest BCUT2D eigenvalue weighted by Gasteiger charge is -2.15. The summed E-state index contributed by atoms with van der Waals surface area (Å²) in [6.45, 7) is 3.20. The molecule has 2 atom stereocenters. The minimum absolute atomic E-state index is 0.274. The third-order valence-electron chi connectivity index (χ3n) is 3.68. The van der Waals surface area contributed by atoms with Crippen molar-refractivity contribution in [3.63, 3.8) is 0 Å². The Labute approximate surface area is 119 Å². The van der Waals surface area contributed by atoms with Crippen LogP contribution in [0.2, 0.25) is 0 Å². The Bertz CT molecular complexity index is 411. The van der Waals surface area contributed by atoms with Gasteiger partial charge in [-0.15, -0.1) is 0 Å². The molecular weight excluding hydrogens is 258 g/mol. The topological polar surface area (TPSA) is 41.5 Å². The molecule has 0 aliphatic heterocycles. The van der Waals surface area contributed by atoms with Gasteiger partial charge in [0.1, 0.15) is 0 Å². The molecule has 2 unspecified atom stereocenters. The highest BCUT2D eigenvalue weighted by atomic mass is 32.2. The molecule has 0 saturated heterocycles. The zero-order valence-electron chi connectivity index (χ0n) is 11.7. The number of phenolic OH excluding ortho intramolecular Hbond substituents is 1. The molecule has 0 bridgehead atoms. The summed E-state index contributed by atoms with van der Waals surface area (Å²) in [5, 5.41) is 14.5. The second-order valence-electron chi connectivity index (χ2n) is 4.95. The minimum Gasteiger partial charge on any atom is -0.504 e. The van der Waals surface area contributed by atoms with Gasteiger partial charge in [-0.3, -0.25) is 0 Å². The fourth-order valence-electron chi connectivity index (χ4n) is 2.58. The lowest BCUT2D eigenvalue weighted by atomic mass is 10.1. The van der Waals surface area contributed by atoms with E-state index in [0.717, 1.165) is 10.8 Å². The van der Waals surface area contributed by atoms with E-state index in [2.05, 4.69) is 11.6 Å². The molecule has 0 heterocycles. The van der Waals surface area contributed by atoms with Crippen molar-refractivity contribution < 1.29 is 9.84 Å². The molecule has 2 N–H and O–H groups in total. The van der Waals surface area contributed by atoms with Crippen LogP contribution < -0.4 is 10.1 Å². The van der Waals surface area contributed by atoms with E-state index < -0.39 is 0 Å². The number of para-hydroxylation sites is 1. The fourth-order valence-corrected chi connectivity index (χ4v) is 3.37. The number of hydrogen-bond donors (Lipinski definition) is 2. The van der Waals surface area contributed by atoms with Crippen LogP contribution in [0.1, 0.15) is 31.7 Å². The Morgan fingerprint density at radius 1 is 1.42 bits per heavy atom. The van der Waals surface area contributed by atoms with Crippen LogP contribution in [0.4, 0.5) is 0 Å². The standard InChI is InChI=1S/C15H23NO2S/c1-3-18-14-6-4-5-11(15(14)17)10-16-12-7-8-13(9-12)19-2/h4-6,12-13,16-17H,3,7-10H2,1-2H3. The molecule has 2 rings (SSSR count). The van der Waals surface area contributed by atoms with Gasteiger partial charge in [0, 0.05) is 23.4 Å². The molecule has 106 valence electrons. The molecule has 19 heavy (non-hydrogen) atoms. The maximum atomic E-state index is 10.1. The Morgan fingerprint density at radius 3 is 2.95 bits per heavy atom. The van der Waals surface area contributed by atoms with Crippen molar-refractivity contribution in [2.24, 2.45) is 0 Å². The zero-order chi connectivity index (χ0) is 13.7. The van der Waals surface area contributed by atoms with E-state index in [4.69, 9.17) is 4.74 Å². The van der Waals surface area contributed by atoms with Crippen LogP contribution in [0.5, 0.6) is 11.5 Å². The first-order valence-electron chi connectivity index (χ1n) is 6.94. The first-order valence-corrected chi connectivity index (χ1v) is 8.23. The van der Waals surface area contributed by atoms with Gasteiger partial charge >= 0.3 is 0 Å². The summed E-state index contributed by atoms with van der Waals surface area (Å²) in [6, 6.07) is 6.27. The van der Waals surface area contributed by atoms with E-state index in [0.29, 0.717) is 24.9 Å². The molecule has 0 aromatic heterocycles. The summed E-state index contributed by atoms with van der Waals surface area (Å²) in [7, 11) is 0. The van der Waals surface area contributed by atoms with Crippen LogP contribution in [0.25, 0.3) is 0 Å². The number of hydrogen-bond acceptors (Lipinski definition) is 4. The van der Waals surface area contributed by atoms with E-state index in [1.165, 1.54) is 19.3 Å². The molecule has 1 aromatic carbocycles. The molecule has 4 heteroatoms. The number of benzene rings is 1. The molecule has 0 radical (unpaired) electrons. The lowest BCUT2D eigenvalue weighted by Crippen LogP contribution is -2.26. The van der Waals surface area contributed by atoms with Gasteiger partial charge < -0.3 is 15.2 Å². The summed E-state index contributed by atoms with van der Waals surface area (Å²) in [5.74, 6) is 0.853. The lowest BCUT2D eigenvalue weighted by molar-refractivity contribution is 0.316. The zero-order valence-corrected chi connectivity index (χ0v) is 12.5. The monoisotopic (exact) mass is 281 g/mol. The Balaban J connectivity index is 1.91. The van der Waals surface area contributed by atoms with Crippen molar-refractivity contribution in [1.82, 2.24) is 5.32 Å². The highest BCUT2D eigenvalue weighted by molar-refractivity contribution is 7.99. The van der Waals surface area contributed by atoms with E-state index in [-0.39, 0.29) is 5.75 Å². The van der Waals surface area contributed by atoms with Crippen molar-refractivity contribution >= 4 is 11.8 Å². The van der Waals surface area contributed by atoms with Crippen molar-refractivity contribution in [3.05, 3.63) is 23.8 Å². The van der Waals surface area contributed by atoms with E-state index in [9.17, 15) is 5.11 Å². The van der Waals surface area contributed by atoms with Crippen LogP contribution >= 0.6 is 11.8 Å².